The summed E-state index contributed by atoms with van der Waals surface area (Å²) in [6, 6.07) is 9.41. The van der Waals surface area contributed by atoms with Crippen molar-refractivity contribution in [2.75, 3.05) is 0 Å². The van der Waals surface area contributed by atoms with Crippen LogP contribution in [0.4, 0.5) is 43.9 Å². The minimum absolute atomic E-state index is 0.312. The fraction of sp³-hybridized carbons (Fsp3) is 0.0400. The van der Waals surface area contributed by atoms with E-state index in [0.29, 0.717) is 12.1 Å². The Bertz CT molecular complexity index is 1600. The summed E-state index contributed by atoms with van der Waals surface area (Å²) in [4.78, 5) is -3.41. The van der Waals surface area contributed by atoms with Gasteiger partial charge in [0.1, 0.15) is 11.6 Å². The summed E-state index contributed by atoms with van der Waals surface area (Å²) in [6.45, 7) is 0. The van der Waals surface area contributed by atoms with Crippen LogP contribution in [0.3, 0.4) is 0 Å². The van der Waals surface area contributed by atoms with Crippen molar-refractivity contribution in [2.24, 2.45) is 0 Å². The van der Waals surface area contributed by atoms with Crippen molar-refractivity contribution in [3.63, 3.8) is 0 Å². The first-order valence-electron chi connectivity index (χ1n) is 10.6. The molecule has 0 aliphatic heterocycles. The molecule has 0 atom stereocenters. The maximum absolute atomic E-state index is 14.6. The number of benzene rings is 4. The summed E-state index contributed by atoms with van der Waals surface area (Å²) in [7, 11) is -10.1. The van der Waals surface area contributed by atoms with E-state index in [4.69, 9.17) is 3.63 Å². The fourth-order valence-corrected chi connectivity index (χ4v) is 8.87. The maximum Gasteiger partial charge on any atom is 0.416 e. The van der Waals surface area contributed by atoms with Gasteiger partial charge in [0.25, 0.3) is 0 Å². The van der Waals surface area contributed by atoms with Gasteiger partial charge >= 0.3 is 16.3 Å². The Hall–Kier alpha value is -3.56. The molecule has 212 valence electrons. The molecule has 3 nitrogen and oxygen atoms in total. The Morgan fingerprint density at radius 2 is 0.825 bits per heavy atom. The van der Waals surface area contributed by atoms with Crippen LogP contribution in [0.1, 0.15) is 5.56 Å². The van der Waals surface area contributed by atoms with Crippen molar-refractivity contribution >= 4 is 20.4 Å². The lowest BCUT2D eigenvalue weighted by atomic mass is 10.2. The van der Waals surface area contributed by atoms with Crippen LogP contribution in [0.25, 0.3) is 0 Å². The number of halogens is 10. The molecule has 40 heavy (non-hydrogen) atoms. The molecule has 0 spiro atoms. The van der Waals surface area contributed by atoms with Crippen LogP contribution in [0.2, 0.25) is 0 Å². The molecule has 0 N–H and O–H groups in total. The Balaban J connectivity index is 2.09. The third kappa shape index (κ3) is 5.15. The summed E-state index contributed by atoms with van der Waals surface area (Å²) in [6.07, 6.45) is -4.86. The smallest absolute Gasteiger partial charge is 0.207 e. The lowest BCUT2D eigenvalue weighted by Crippen LogP contribution is -2.19. The van der Waals surface area contributed by atoms with Crippen molar-refractivity contribution < 1.29 is 56.0 Å². The highest BCUT2D eigenvalue weighted by Crippen LogP contribution is 2.70. The maximum atomic E-state index is 14.6. The summed E-state index contributed by atoms with van der Waals surface area (Å²) < 4.78 is 170. The molecule has 15 heteroatoms. The number of rotatable bonds is 6. The zero-order chi connectivity index (χ0) is 29.6. The predicted molar refractivity (Wildman–Crippen MR) is 121 cm³/mol. The van der Waals surface area contributed by atoms with E-state index in [2.05, 4.69) is 0 Å². The average Bonchev–Trinajstić information content (AvgIpc) is 2.90. The van der Waals surface area contributed by atoms with Gasteiger partial charge in [0.05, 0.1) is 5.56 Å². The normalized spacial score (nSPS) is 12.9. The van der Waals surface area contributed by atoms with Crippen molar-refractivity contribution in [2.45, 2.75) is 25.8 Å². The highest BCUT2D eigenvalue weighted by molar-refractivity contribution is 8.33. The third-order valence-electron chi connectivity index (χ3n) is 5.42. The largest absolute Gasteiger partial charge is 0.416 e. The van der Waals surface area contributed by atoms with E-state index < -0.39 is 82.7 Å². The van der Waals surface area contributed by atoms with Gasteiger partial charge in [-0.15, -0.1) is 0 Å². The molecule has 0 unspecified atom stereocenters. The first-order valence-corrected chi connectivity index (χ1v) is 13.6. The van der Waals surface area contributed by atoms with E-state index in [9.17, 15) is 52.3 Å². The first-order chi connectivity index (χ1) is 18.6. The second-order valence-electron chi connectivity index (χ2n) is 7.91. The Kier molecular flexibility index (Phi) is 7.68. The lowest BCUT2D eigenvalue weighted by Gasteiger charge is -2.39. The van der Waals surface area contributed by atoms with E-state index in [-0.39, 0.29) is 9.79 Å². The second-order valence-corrected chi connectivity index (χ2v) is 12.3. The zero-order valence-electron chi connectivity index (χ0n) is 19.2. The highest BCUT2D eigenvalue weighted by atomic mass is 32.3. The molecular weight excluding hydrogens is 602 g/mol. The SMILES string of the molecule is O=S(=O)(OS(c1ccc(F)cc1)(c1ccc(F)cc1)c1ccc(C(F)(F)F)cc1)c1c(F)c(F)c(F)c(F)c1F. The van der Waals surface area contributed by atoms with Crippen LogP contribution >= 0.6 is 10.3 Å². The lowest BCUT2D eigenvalue weighted by molar-refractivity contribution is -0.137. The molecule has 4 aromatic carbocycles. The number of hydrogen-bond acceptors (Lipinski definition) is 3. The highest BCUT2D eigenvalue weighted by Gasteiger charge is 2.43. The minimum atomic E-state index is -6.01. The molecule has 0 amide bonds. The first kappa shape index (κ1) is 29.4. The topological polar surface area (TPSA) is 43.4 Å². The number of hydrogen-bond donors (Lipinski definition) is 0. The van der Waals surface area contributed by atoms with E-state index >= 15 is 0 Å². The van der Waals surface area contributed by atoms with Gasteiger partial charge in [0.2, 0.25) is 5.82 Å². The van der Waals surface area contributed by atoms with Gasteiger partial charge in [-0.2, -0.15) is 21.6 Å². The molecule has 4 aromatic rings. The van der Waals surface area contributed by atoms with E-state index in [1.54, 1.807) is 0 Å². The molecule has 0 radical (unpaired) electrons. The summed E-state index contributed by atoms with van der Waals surface area (Å²) in [5.74, 6) is -15.2. The van der Waals surface area contributed by atoms with Gasteiger partial charge in [-0.05, 0) is 83.1 Å². The van der Waals surface area contributed by atoms with Crippen molar-refractivity contribution in [1.29, 1.82) is 0 Å². The molecule has 4 rings (SSSR count). The molecule has 0 saturated heterocycles. The van der Waals surface area contributed by atoms with Crippen molar-refractivity contribution in [3.05, 3.63) is 119 Å². The van der Waals surface area contributed by atoms with Gasteiger partial charge in [-0.1, -0.05) is 0 Å². The van der Waals surface area contributed by atoms with Crippen LogP contribution in [0.5, 0.6) is 0 Å². The van der Waals surface area contributed by atoms with Gasteiger partial charge < -0.3 is 0 Å². The van der Waals surface area contributed by atoms with Crippen LogP contribution in [0.15, 0.2) is 92.4 Å². The Morgan fingerprint density at radius 1 is 0.500 bits per heavy atom. The molecule has 0 aromatic heterocycles. The summed E-state index contributed by atoms with van der Waals surface area (Å²) >= 11 is 0. The minimum Gasteiger partial charge on any atom is -0.207 e. The van der Waals surface area contributed by atoms with Crippen molar-refractivity contribution in [3.8, 4) is 0 Å². The molecule has 0 saturated carbocycles. The van der Waals surface area contributed by atoms with Gasteiger partial charge in [0, 0.05) is 14.7 Å². The molecule has 0 heterocycles. The molecule has 0 aliphatic rings. The van der Waals surface area contributed by atoms with Gasteiger partial charge in [0.15, 0.2) is 28.2 Å². The van der Waals surface area contributed by atoms with Crippen LogP contribution in [-0.2, 0) is 19.9 Å². The van der Waals surface area contributed by atoms with Crippen LogP contribution in [0, 0.1) is 40.7 Å². The van der Waals surface area contributed by atoms with Crippen LogP contribution < -0.4 is 0 Å². The molecule has 0 aliphatic carbocycles. The Morgan fingerprint density at radius 3 is 1.18 bits per heavy atom. The quantitative estimate of drug-likeness (QED) is 0.125. The monoisotopic (exact) mass is 614 g/mol. The fourth-order valence-electron chi connectivity index (χ4n) is 3.59. The second kappa shape index (κ2) is 10.4. The zero-order valence-corrected chi connectivity index (χ0v) is 20.9. The third-order valence-corrected chi connectivity index (χ3v) is 10.6. The summed E-state index contributed by atoms with van der Waals surface area (Å²) in [5, 5.41) is 0. The van der Waals surface area contributed by atoms with E-state index in [0.717, 1.165) is 60.7 Å². The van der Waals surface area contributed by atoms with E-state index in [1.807, 2.05) is 0 Å². The molecule has 0 fully saturated rings. The Labute approximate surface area is 221 Å². The molecular formula is C25H12F10O3S2. The molecule has 0 bridgehead atoms. The average molecular weight is 614 g/mol. The standard InChI is InChI=1S/C25H12F10O3S2/c26-14-3-9-17(10-4-14)39(18-11-5-15(27)6-12-18,16-7-1-13(2-8-16)25(33,34)35)38-40(36,37)24-22(31)20(29)19(28)21(30)23(24)32/h1-12H. The number of alkyl halides is 3. The van der Waals surface area contributed by atoms with Crippen LogP contribution in [-0.4, -0.2) is 8.42 Å². The summed E-state index contributed by atoms with van der Waals surface area (Å²) in [5.41, 5.74) is -1.20. The van der Waals surface area contributed by atoms with E-state index in [1.165, 1.54) is 0 Å². The van der Waals surface area contributed by atoms with Gasteiger partial charge in [-0.25, -0.2) is 34.4 Å². The van der Waals surface area contributed by atoms with Gasteiger partial charge in [-0.3, -0.25) is 0 Å². The predicted octanol–water partition coefficient (Wildman–Crippen LogP) is 8.28. The van der Waals surface area contributed by atoms with Crippen molar-refractivity contribution in [1.82, 2.24) is 0 Å².